The Morgan fingerprint density at radius 2 is 1.83 bits per heavy atom. The molecule has 0 aromatic heterocycles. The summed E-state index contributed by atoms with van der Waals surface area (Å²) in [5, 5.41) is 18.1. The number of nitrogens with zero attached hydrogens (tertiary/aromatic N) is 1. The minimum atomic E-state index is -0.949. The molecule has 0 amide bonds. The summed E-state index contributed by atoms with van der Waals surface area (Å²) in [6, 6.07) is 8.78. The molecule has 1 aliphatic rings. The average Bonchev–Trinajstić information content (AvgIpc) is 2.74. The second kappa shape index (κ2) is 5.18. The highest BCUT2D eigenvalue weighted by Crippen LogP contribution is 2.25. The summed E-state index contributed by atoms with van der Waals surface area (Å²) in [5.74, 6) is -2.46. The number of hydrogen-bond donors (Lipinski definition) is 2. The van der Waals surface area contributed by atoms with Crippen molar-refractivity contribution in [2.24, 2.45) is 5.92 Å². The first kappa shape index (κ1) is 12.6. The molecule has 1 heterocycles. The first-order chi connectivity index (χ1) is 8.58. The van der Waals surface area contributed by atoms with E-state index >= 15 is 0 Å². The van der Waals surface area contributed by atoms with Crippen LogP contribution in [0.5, 0.6) is 0 Å². The van der Waals surface area contributed by atoms with E-state index in [1.54, 1.807) is 4.90 Å². The molecule has 2 unspecified atom stereocenters. The third-order valence-corrected chi connectivity index (χ3v) is 3.27. The Morgan fingerprint density at radius 3 is 2.39 bits per heavy atom. The first-order valence-electron chi connectivity index (χ1n) is 5.81. The summed E-state index contributed by atoms with van der Waals surface area (Å²) in [4.78, 5) is 23.8. The van der Waals surface area contributed by atoms with Gasteiger partial charge in [0.15, 0.2) is 0 Å². The van der Waals surface area contributed by atoms with Crippen LogP contribution in [0.25, 0.3) is 0 Å². The zero-order valence-corrected chi connectivity index (χ0v) is 9.82. The molecule has 96 valence electrons. The molecule has 0 spiro atoms. The molecule has 0 saturated carbocycles. The number of carboxylic acid groups (broad SMARTS) is 2. The molecule has 2 rings (SSSR count). The van der Waals surface area contributed by atoms with Crippen LogP contribution in [0.3, 0.4) is 0 Å². The normalized spacial score (nSPS) is 24.0. The Labute approximate surface area is 105 Å². The Morgan fingerprint density at radius 1 is 1.17 bits per heavy atom. The standard InChI is InChI=1S/C13H15NO4/c15-12(16)10-6-11(13(17)18)14(8-10)7-9-4-2-1-3-5-9/h1-5,10-11H,6-8H2,(H,15,16)(H,17,18). The van der Waals surface area contributed by atoms with Crippen molar-refractivity contribution in [3.8, 4) is 0 Å². The van der Waals surface area contributed by atoms with Crippen molar-refractivity contribution in [2.45, 2.75) is 19.0 Å². The number of benzene rings is 1. The lowest BCUT2D eigenvalue weighted by molar-refractivity contribution is -0.142. The molecule has 18 heavy (non-hydrogen) atoms. The number of carbonyl (C=O) groups is 2. The largest absolute Gasteiger partial charge is 0.481 e. The minimum Gasteiger partial charge on any atom is -0.481 e. The number of carboxylic acids is 2. The average molecular weight is 249 g/mol. The van der Waals surface area contributed by atoms with Crippen molar-refractivity contribution in [3.05, 3.63) is 35.9 Å². The smallest absolute Gasteiger partial charge is 0.320 e. The van der Waals surface area contributed by atoms with Crippen molar-refractivity contribution in [1.82, 2.24) is 4.90 Å². The van der Waals surface area contributed by atoms with E-state index in [-0.39, 0.29) is 6.42 Å². The van der Waals surface area contributed by atoms with Crippen LogP contribution in [0.15, 0.2) is 30.3 Å². The van der Waals surface area contributed by atoms with Crippen molar-refractivity contribution in [3.63, 3.8) is 0 Å². The van der Waals surface area contributed by atoms with Gasteiger partial charge in [0.25, 0.3) is 0 Å². The molecule has 0 radical (unpaired) electrons. The maximum Gasteiger partial charge on any atom is 0.320 e. The highest BCUT2D eigenvalue weighted by Gasteiger charge is 2.39. The van der Waals surface area contributed by atoms with Gasteiger partial charge >= 0.3 is 11.9 Å². The molecule has 0 aliphatic carbocycles. The predicted octanol–water partition coefficient (Wildman–Crippen LogP) is 1.05. The fourth-order valence-corrected chi connectivity index (χ4v) is 2.33. The molecule has 2 N–H and O–H groups in total. The molecular weight excluding hydrogens is 234 g/mol. The molecule has 1 aliphatic heterocycles. The molecule has 1 saturated heterocycles. The van der Waals surface area contributed by atoms with E-state index in [2.05, 4.69) is 0 Å². The van der Waals surface area contributed by atoms with Gasteiger partial charge in [-0.25, -0.2) is 0 Å². The van der Waals surface area contributed by atoms with E-state index in [1.165, 1.54) is 0 Å². The second-order valence-electron chi connectivity index (χ2n) is 4.54. The lowest BCUT2D eigenvalue weighted by Gasteiger charge is -2.20. The third kappa shape index (κ3) is 2.68. The topological polar surface area (TPSA) is 77.8 Å². The van der Waals surface area contributed by atoms with Gasteiger partial charge in [0.1, 0.15) is 6.04 Å². The van der Waals surface area contributed by atoms with Gasteiger partial charge in [-0.3, -0.25) is 14.5 Å². The van der Waals surface area contributed by atoms with Gasteiger partial charge in [-0.1, -0.05) is 30.3 Å². The Hall–Kier alpha value is -1.88. The zero-order valence-electron chi connectivity index (χ0n) is 9.82. The molecule has 1 aromatic rings. The van der Waals surface area contributed by atoms with Crippen LogP contribution in [0.4, 0.5) is 0 Å². The fourth-order valence-electron chi connectivity index (χ4n) is 2.33. The van der Waals surface area contributed by atoms with Crippen LogP contribution in [-0.2, 0) is 16.1 Å². The summed E-state index contributed by atoms with van der Waals surface area (Å²) >= 11 is 0. The van der Waals surface area contributed by atoms with Gasteiger partial charge in [-0.2, -0.15) is 0 Å². The van der Waals surface area contributed by atoms with Crippen LogP contribution in [0.2, 0.25) is 0 Å². The maximum absolute atomic E-state index is 11.1. The van der Waals surface area contributed by atoms with Gasteiger partial charge < -0.3 is 10.2 Å². The molecule has 0 bridgehead atoms. The first-order valence-corrected chi connectivity index (χ1v) is 5.81. The molecular formula is C13H15NO4. The molecule has 1 fully saturated rings. The van der Waals surface area contributed by atoms with Gasteiger partial charge in [-0.05, 0) is 12.0 Å². The van der Waals surface area contributed by atoms with Gasteiger partial charge in [0, 0.05) is 13.1 Å². The Balaban J connectivity index is 2.10. The summed E-state index contributed by atoms with van der Waals surface area (Å²) in [7, 11) is 0. The van der Waals surface area contributed by atoms with Crippen LogP contribution in [0, 0.1) is 5.92 Å². The number of rotatable bonds is 4. The summed E-state index contributed by atoms with van der Waals surface area (Å²) in [5.41, 5.74) is 0.995. The lowest BCUT2D eigenvalue weighted by atomic mass is 10.1. The quantitative estimate of drug-likeness (QED) is 0.833. The minimum absolute atomic E-state index is 0.178. The van der Waals surface area contributed by atoms with E-state index in [0.29, 0.717) is 13.1 Å². The SMILES string of the molecule is O=C(O)C1CC(C(=O)O)N(Cc2ccccc2)C1. The van der Waals surface area contributed by atoms with Crippen molar-refractivity contribution in [2.75, 3.05) is 6.54 Å². The van der Waals surface area contributed by atoms with Crippen molar-refractivity contribution >= 4 is 11.9 Å². The van der Waals surface area contributed by atoms with E-state index in [0.717, 1.165) is 5.56 Å². The van der Waals surface area contributed by atoms with Crippen LogP contribution in [0.1, 0.15) is 12.0 Å². The van der Waals surface area contributed by atoms with Crippen LogP contribution in [-0.4, -0.2) is 39.6 Å². The van der Waals surface area contributed by atoms with Crippen LogP contribution >= 0.6 is 0 Å². The number of likely N-dealkylation sites (tertiary alicyclic amines) is 1. The van der Waals surface area contributed by atoms with Crippen LogP contribution < -0.4 is 0 Å². The molecule has 1 aromatic carbocycles. The summed E-state index contributed by atoms with van der Waals surface area (Å²) < 4.78 is 0. The maximum atomic E-state index is 11.1. The van der Waals surface area contributed by atoms with Gasteiger partial charge in [-0.15, -0.1) is 0 Å². The second-order valence-corrected chi connectivity index (χ2v) is 4.54. The van der Waals surface area contributed by atoms with Gasteiger partial charge in [0.05, 0.1) is 5.92 Å². The van der Waals surface area contributed by atoms with Crippen molar-refractivity contribution in [1.29, 1.82) is 0 Å². The number of hydrogen-bond acceptors (Lipinski definition) is 3. The monoisotopic (exact) mass is 249 g/mol. The lowest BCUT2D eigenvalue weighted by Crippen LogP contribution is -2.35. The molecule has 5 heteroatoms. The number of aliphatic carboxylic acids is 2. The van der Waals surface area contributed by atoms with E-state index in [9.17, 15) is 9.59 Å². The summed E-state index contributed by atoms with van der Waals surface area (Å²) in [6.45, 7) is 0.767. The zero-order chi connectivity index (χ0) is 13.1. The predicted molar refractivity (Wildman–Crippen MR) is 64.0 cm³/mol. The summed E-state index contributed by atoms with van der Waals surface area (Å²) in [6.07, 6.45) is 0.178. The highest BCUT2D eigenvalue weighted by molar-refractivity contribution is 5.77. The van der Waals surface area contributed by atoms with E-state index < -0.39 is 23.9 Å². The van der Waals surface area contributed by atoms with Gasteiger partial charge in [0.2, 0.25) is 0 Å². The molecule has 5 nitrogen and oxygen atoms in total. The Kier molecular flexibility index (Phi) is 3.62. The highest BCUT2D eigenvalue weighted by atomic mass is 16.4. The molecule has 2 atom stereocenters. The van der Waals surface area contributed by atoms with E-state index in [4.69, 9.17) is 10.2 Å². The Bertz CT molecular complexity index is 446. The third-order valence-electron chi connectivity index (χ3n) is 3.27. The van der Waals surface area contributed by atoms with E-state index in [1.807, 2.05) is 30.3 Å². The fraction of sp³-hybridized carbons (Fsp3) is 0.385. The van der Waals surface area contributed by atoms with Crippen molar-refractivity contribution < 1.29 is 19.8 Å².